The first-order valence-electron chi connectivity index (χ1n) is 4.01. The van der Waals surface area contributed by atoms with Crippen LogP contribution in [0.1, 0.15) is 10.4 Å². The molecule has 0 atom stereocenters. The molecule has 0 aliphatic carbocycles. The Hall–Kier alpha value is -1.97. The lowest BCUT2D eigenvalue weighted by Crippen LogP contribution is -1.99. The van der Waals surface area contributed by atoms with Crippen molar-refractivity contribution >= 4 is 16.9 Å². The lowest BCUT2D eigenvalue weighted by Gasteiger charge is -2.03. The number of furan rings is 1. The Kier molecular flexibility index (Phi) is 1.89. The van der Waals surface area contributed by atoms with E-state index in [2.05, 4.69) is 0 Å². The minimum absolute atomic E-state index is 0.106. The number of benzene rings is 1. The van der Waals surface area contributed by atoms with E-state index in [-0.39, 0.29) is 5.56 Å². The number of carboxylic acids is 1. The van der Waals surface area contributed by atoms with Crippen LogP contribution in [-0.4, -0.2) is 18.2 Å². The molecule has 0 unspecified atom stereocenters. The van der Waals surface area contributed by atoms with Gasteiger partial charge in [-0.05, 0) is 18.2 Å². The average Bonchev–Trinajstić information content (AvgIpc) is 2.62. The topological polar surface area (TPSA) is 59.7 Å². The number of hydrogen-bond donors (Lipinski definition) is 1. The van der Waals surface area contributed by atoms with Gasteiger partial charge in [0.05, 0.1) is 13.4 Å². The maximum absolute atomic E-state index is 10.8. The monoisotopic (exact) mass is 192 g/mol. The van der Waals surface area contributed by atoms with Crippen LogP contribution < -0.4 is 4.74 Å². The molecule has 0 fully saturated rings. The average molecular weight is 192 g/mol. The molecule has 0 spiro atoms. The van der Waals surface area contributed by atoms with E-state index in [4.69, 9.17) is 14.3 Å². The Labute approximate surface area is 79.7 Å². The van der Waals surface area contributed by atoms with E-state index in [1.54, 1.807) is 12.1 Å². The molecule has 4 heteroatoms. The molecule has 0 aliphatic heterocycles. The predicted octanol–water partition coefficient (Wildman–Crippen LogP) is 2.14. The third kappa shape index (κ3) is 1.21. The van der Waals surface area contributed by atoms with Crippen molar-refractivity contribution in [3.63, 3.8) is 0 Å². The van der Waals surface area contributed by atoms with Crippen molar-refractivity contribution in [3.8, 4) is 5.75 Å². The van der Waals surface area contributed by atoms with Crippen LogP contribution in [0.5, 0.6) is 5.75 Å². The lowest BCUT2D eigenvalue weighted by molar-refractivity contribution is 0.0693. The maximum Gasteiger partial charge on any atom is 0.339 e. The van der Waals surface area contributed by atoms with Crippen LogP contribution in [-0.2, 0) is 0 Å². The first-order valence-corrected chi connectivity index (χ1v) is 4.01. The van der Waals surface area contributed by atoms with Gasteiger partial charge in [0.1, 0.15) is 16.9 Å². The molecule has 2 rings (SSSR count). The largest absolute Gasteiger partial charge is 0.496 e. The predicted molar refractivity (Wildman–Crippen MR) is 49.7 cm³/mol. The summed E-state index contributed by atoms with van der Waals surface area (Å²) in [6.45, 7) is 0. The highest BCUT2D eigenvalue weighted by Crippen LogP contribution is 2.26. The lowest BCUT2D eigenvalue weighted by atomic mass is 10.1. The molecular formula is C10H8O4. The highest BCUT2D eigenvalue weighted by atomic mass is 16.5. The smallest absolute Gasteiger partial charge is 0.339 e. The fourth-order valence-corrected chi connectivity index (χ4v) is 1.32. The first-order chi connectivity index (χ1) is 6.72. The summed E-state index contributed by atoms with van der Waals surface area (Å²) in [6, 6.07) is 4.85. The van der Waals surface area contributed by atoms with Crippen molar-refractivity contribution < 1.29 is 19.1 Å². The first kappa shape index (κ1) is 8.62. The van der Waals surface area contributed by atoms with Crippen LogP contribution in [0.4, 0.5) is 0 Å². The number of hydrogen-bond acceptors (Lipinski definition) is 3. The fraction of sp³-hybridized carbons (Fsp3) is 0.100. The van der Waals surface area contributed by atoms with Crippen molar-refractivity contribution in [2.75, 3.05) is 7.11 Å². The molecule has 0 radical (unpaired) electrons. The summed E-state index contributed by atoms with van der Waals surface area (Å²) in [6.07, 6.45) is 1.51. The molecular weight excluding hydrogens is 184 g/mol. The summed E-state index contributed by atoms with van der Waals surface area (Å²) in [4.78, 5) is 10.8. The Morgan fingerprint density at radius 3 is 2.93 bits per heavy atom. The van der Waals surface area contributed by atoms with Crippen molar-refractivity contribution in [1.82, 2.24) is 0 Å². The zero-order chi connectivity index (χ0) is 10.1. The minimum Gasteiger partial charge on any atom is -0.496 e. The third-order valence-electron chi connectivity index (χ3n) is 2.00. The molecule has 2 aromatic rings. The summed E-state index contributed by atoms with van der Waals surface area (Å²) in [5.41, 5.74) is 0.651. The SMILES string of the molecule is COc1cc2ccoc2cc1C(=O)O. The second kappa shape index (κ2) is 3.06. The highest BCUT2D eigenvalue weighted by molar-refractivity contribution is 5.96. The number of carbonyl (C=O) groups is 1. The Morgan fingerprint density at radius 1 is 1.50 bits per heavy atom. The number of carboxylic acid groups (broad SMARTS) is 1. The molecule has 1 N–H and O–H groups in total. The van der Waals surface area contributed by atoms with E-state index in [9.17, 15) is 4.79 Å². The van der Waals surface area contributed by atoms with Crippen molar-refractivity contribution in [3.05, 3.63) is 30.0 Å². The van der Waals surface area contributed by atoms with Crippen LogP contribution in [0.25, 0.3) is 11.0 Å². The third-order valence-corrected chi connectivity index (χ3v) is 2.00. The summed E-state index contributed by atoms with van der Waals surface area (Å²) < 4.78 is 10.1. The minimum atomic E-state index is -1.03. The summed E-state index contributed by atoms with van der Waals surface area (Å²) in [5.74, 6) is -0.688. The molecule has 1 aromatic heterocycles. The van der Waals surface area contributed by atoms with E-state index in [1.807, 2.05) is 0 Å². The molecule has 14 heavy (non-hydrogen) atoms. The van der Waals surface area contributed by atoms with Gasteiger partial charge in [0.2, 0.25) is 0 Å². The molecule has 1 heterocycles. The van der Waals surface area contributed by atoms with Crippen LogP contribution in [0.2, 0.25) is 0 Å². The molecule has 0 bridgehead atoms. The van der Waals surface area contributed by atoms with E-state index in [0.29, 0.717) is 11.3 Å². The Morgan fingerprint density at radius 2 is 2.29 bits per heavy atom. The van der Waals surface area contributed by atoms with Crippen molar-refractivity contribution in [2.45, 2.75) is 0 Å². The van der Waals surface area contributed by atoms with Crippen LogP contribution >= 0.6 is 0 Å². The second-order valence-electron chi connectivity index (χ2n) is 2.82. The van der Waals surface area contributed by atoms with Crippen LogP contribution in [0.15, 0.2) is 28.9 Å². The zero-order valence-electron chi connectivity index (χ0n) is 7.48. The van der Waals surface area contributed by atoms with Gasteiger partial charge in [0.15, 0.2) is 0 Å². The van der Waals surface area contributed by atoms with Gasteiger partial charge in [-0.15, -0.1) is 0 Å². The quantitative estimate of drug-likeness (QED) is 0.791. The van der Waals surface area contributed by atoms with E-state index in [0.717, 1.165) is 5.39 Å². The van der Waals surface area contributed by atoms with E-state index in [1.165, 1.54) is 19.4 Å². The van der Waals surface area contributed by atoms with Gasteiger partial charge in [-0.2, -0.15) is 0 Å². The molecule has 72 valence electrons. The maximum atomic E-state index is 10.8. The van der Waals surface area contributed by atoms with Gasteiger partial charge >= 0.3 is 5.97 Å². The van der Waals surface area contributed by atoms with Gasteiger partial charge in [-0.1, -0.05) is 0 Å². The molecule has 0 saturated heterocycles. The Bertz CT molecular complexity index is 484. The highest BCUT2D eigenvalue weighted by Gasteiger charge is 2.13. The normalized spacial score (nSPS) is 10.4. The van der Waals surface area contributed by atoms with Gasteiger partial charge in [0.25, 0.3) is 0 Å². The second-order valence-corrected chi connectivity index (χ2v) is 2.82. The summed E-state index contributed by atoms with van der Waals surface area (Å²) >= 11 is 0. The van der Waals surface area contributed by atoms with Crippen LogP contribution in [0, 0.1) is 0 Å². The van der Waals surface area contributed by atoms with Gasteiger partial charge in [-0.3, -0.25) is 0 Å². The van der Waals surface area contributed by atoms with E-state index >= 15 is 0 Å². The zero-order valence-corrected chi connectivity index (χ0v) is 7.48. The number of methoxy groups -OCH3 is 1. The molecule has 0 amide bonds. The van der Waals surface area contributed by atoms with Gasteiger partial charge in [-0.25, -0.2) is 4.79 Å². The molecule has 1 aromatic carbocycles. The van der Waals surface area contributed by atoms with Crippen molar-refractivity contribution in [2.24, 2.45) is 0 Å². The number of rotatable bonds is 2. The number of ether oxygens (including phenoxy) is 1. The fourth-order valence-electron chi connectivity index (χ4n) is 1.32. The number of aromatic carboxylic acids is 1. The standard InChI is InChI=1S/C10H8O4/c1-13-9-4-6-2-3-14-8(6)5-7(9)10(11)12/h2-5H,1H3,(H,11,12). The molecule has 0 aliphatic rings. The van der Waals surface area contributed by atoms with E-state index < -0.39 is 5.97 Å². The molecule has 0 saturated carbocycles. The van der Waals surface area contributed by atoms with Gasteiger partial charge < -0.3 is 14.3 Å². The summed E-state index contributed by atoms with van der Waals surface area (Å²) in [5, 5.41) is 9.70. The van der Waals surface area contributed by atoms with Gasteiger partial charge in [0, 0.05) is 5.39 Å². The number of fused-ring (bicyclic) bond motifs is 1. The summed E-state index contributed by atoms with van der Waals surface area (Å²) in [7, 11) is 1.44. The van der Waals surface area contributed by atoms with Crippen LogP contribution in [0.3, 0.4) is 0 Å². The van der Waals surface area contributed by atoms with Crippen molar-refractivity contribution in [1.29, 1.82) is 0 Å². The Balaban J connectivity index is 2.72. The molecule has 4 nitrogen and oxygen atoms in total.